The summed E-state index contributed by atoms with van der Waals surface area (Å²) in [6.45, 7) is 4.58. The molecule has 1 saturated carbocycles. The molecule has 0 spiro atoms. The van der Waals surface area contributed by atoms with E-state index in [-0.39, 0.29) is 11.8 Å². The number of nitrogens with one attached hydrogen (secondary N) is 1. The van der Waals surface area contributed by atoms with Gasteiger partial charge in [-0.05, 0) is 12.8 Å². The van der Waals surface area contributed by atoms with E-state index >= 15 is 0 Å². The number of sulfonamides is 1. The molecule has 0 aliphatic heterocycles. The Bertz CT molecular complexity index is 295. The van der Waals surface area contributed by atoms with Gasteiger partial charge >= 0.3 is 0 Å². The highest BCUT2D eigenvalue weighted by Crippen LogP contribution is 2.24. The standard InChI is InChI=1S/C11H24N2O2S/c1-10(2)12-8-9-16(14,15)13(3)11-6-4-5-7-11/h10-12H,4-9H2,1-3H3. The topological polar surface area (TPSA) is 49.4 Å². The summed E-state index contributed by atoms with van der Waals surface area (Å²) in [5.41, 5.74) is 0. The largest absolute Gasteiger partial charge is 0.313 e. The van der Waals surface area contributed by atoms with Gasteiger partial charge in [0.1, 0.15) is 0 Å². The van der Waals surface area contributed by atoms with Crippen LogP contribution in [-0.2, 0) is 10.0 Å². The van der Waals surface area contributed by atoms with Crippen LogP contribution in [0.3, 0.4) is 0 Å². The van der Waals surface area contributed by atoms with E-state index in [0.29, 0.717) is 12.6 Å². The van der Waals surface area contributed by atoms with Crippen molar-refractivity contribution in [3.05, 3.63) is 0 Å². The number of hydrogen-bond donors (Lipinski definition) is 1. The van der Waals surface area contributed by atoms with Gasteiger partial charge in [-0.3, -0.25) is 0 Å². The molecule has 1 aliphatic rings. The van der Waals surface area contributed by atoms with E-state index in [1.54, 1.807) is 11.4 Å². The predicted octanol–water partition coefficient (Wildman–Crippen LogP) is 1.19. The fourth-order valence-corrected chi connectivity index (χ4v) is 3.44. The Kier molecular flexibility index (Phi) is 5.21. The van der Waals surface area contributed by atoms with Gasteiger partial charge in [0.15, 0.2) is 0 Å². The highest BCUT2D eigenvalue weighted by molar-refractivity contribution is 7.89. The maximum absolute atomic E-state index is 12.0. The smallest absolute Gasteiger partial charge is 0.215 e. The zero-order valence-electron chi connectivity index (χ0n) is 10.6. The second-order valence-electron chi connectivity index (χ2n) is 4.88. The summed E-state index contributed by atoms with van der Waals surface area (Å²) in [4.78, 5) is 0. The molecule has 0 heterocycles. The zero-order valence-corrected chi connectivity index (χ0v) is 11.4. The van der Waals surface area contributed by atoms with E-state index < -0.39 is 10.0 Å². The highest BCUT2D eigenvalue weighted by Gasteiger charge is 2.28. The van der Waals surface area contributed by atoms with Crippen molar-refractivity contribution in [2.24, 2.45) is 0 Å². The van der Waals surface area contributed by atoms with Crippen LogP contribution in [0.2, 0.25) is 0 Å². The molecule has 1 aliphatic carbocycles. The van der Waals surface area contributed by atoms with Crippen LogP contribution in [-0.4, -0.2) is 44.2 Å². The molecule has 96 valence electrons. The molecular formula is C11H24N2O2S. The fourth-order valence-electron chi connectivity index (χ4n) is 2.12. The second kappa shape index (κ2) is 5.98. The molecule has 0 unspecified atom stereocenters. The molecule has 0 amide bonds. The van der Waals surface area contributed by atoms with Crippen LogP contribution >= 0.6 is 0 Å². The summed E-state index contributed by atoms with van der Waals surface area (Å²) in [6.07, 6.45) is 4.37. The lowest BCUT2D eigenvalue weighted by atomic mass is 10.3. The van der Waals surface area contributed by atoms with E-state index in [1.165, 1.54) is 0 Å². The third-order valence-electron chi connectivity index (χ3n) is 3.19. The lowest BCUT2D eigenvalue weighted by Crippen LogP contribution is -2.40. The molecule has 0 bridgehead atoms. The molecule has 1 fully saturated rings. The van der Waals surface area contributed by atoms with Gasteiger partial charge in [0.25, 0.3) is 0 Å². The molecule has 1 rings (SSSR count). The van der Waals surface area contributed by atoms with Gasteiger partial charge in [-0.1, -0.05) is 26.7 Å². The van der Waals surface area contributed by atoms with E-state index in [9.17, 15) is 8.42 Å². The first-order chi connectivity index (χ1) is 7.43. The van der Waals surface area contributed by atoms with Gasteiger partial charge in [-0.2, -0.15) is 0 Å². The maximum atomic E-state index is 12.0. The predicted molar refractivity (Wildman–Crippen MR) is 66.9 cm³/mol. The molecule has 1 N–H and O–H groups in total. The van der Waals surface area contributed by atoms with Crippen LogP contribution in [0.15, 0.2) is 0 Å². The van der Waals surface area contributed by atoms with Crippen LogP contribution in [0, 0.1) is 0 Å². The van der Waals surface area contributed by atoms with Crippen molar-refractivity contribution >= 4 is 10.0 Å². The van der Waals surface area contributed by atoms with E-state index in [1.807, 2.05) is 13.8 Å². The van der Waals surface area contributed by atoms with Crippen molar-refractivity contribution in [3.8, 4) is 0 Å². The monoisotopic (exact) mass is 248 g/mol. The van der Waals surface area contributed by atoms with Crippen molar-refractivity contribution in [1.82, 2.24) is 9.62 Å². The van der Waals surface area contributed by atoms with Crippen LogP contribution in [0.5, 0.6) is 0 Å². The van der Waals surface area contributed by atoms with Gasteiger partial charge in [0.2, 0.25) is 10.0 Å². The minimum atomic E-state index is -3.07. The van der Waals surface area contributed by atoms with Crippen molar-refractivity contribution in [2.45, 2.75) is 51.6 Å². The van der Waals surface area contributed by atoms with E-state index in [4.69, 9.17) is 0 Å². The molecule has 0 radical (unpaired) electrons. The van der Waals surface area contributed by atoms with Gasteiger partial charge < -0.3 is 5.32 Å². The minimum Gasteiger partial charge on any atom is -0.313 e. The highest BCUT2D eigenvalue weighted by atomic mass is 32.2. The number of rotatable bonds is 6. The van der Waals surface area contributed by atoms with Crippen LogP contribution in [0.25, 0.3) is 0 Å². The molecule has 0 atom stereocenters. The van der Waals surface area contributed by atoms with Gasteiger partial charge in [0.05, 0.1) is 5.75 Å². The van der Waals surface area contributed by atoms with Crippen molar-refractivity contribution in [1.29, 1.82) is 0 Å². The number of hydrogen-bond acceptors (Lipinski definition) is 3. The van der Waals surface area contributed by atoms with Crippen molar-refractivity contribution < 1.29 is 8.42 Å². The summed E-state index contributed by atoms with van der Waals surface area (Å²) in [6, 6.07) is 0.580. The first-order valence-corrected chi connectivity index (χ1v) is 7.73. The Hall–Kier alpha value is -0.130. The fraction of sp³-hybridized carbons (Fsp3) is 1.00. The second-order valence-corrected chi connectivity index (χ2v) is 7.03. The molecule has 5 heteroatoms. The van der Waals surface area contributed by atoms with Crippen LogP contribution < -0.4 is 5.32 Å². The van der Waals surface area contributed by atoms with Crippen LogP contribution in [0.1, 0.15) is 39.5 Å². The quantitative estimate of drug-likeness (QED) is 0.768. The minimum absolute atomic E-state index is 0.207. The lowest BCUT2D eigenvalue weighted by Gasteiger charge is -2.23. The van der Waals surface area contributed by atoms with Crippen molar-refractivity contribution in [3.63, 3.8) is 0 Å². The zero-order chi connectivity index (χ0) is 12.2. The van der Waals surface area contributed by atoms with Crippen LogP contribution in [0.4, 0.5) is 0 Å². The first kappa shape index (κ1) is 13.9. The van der Waals surface area contributed by atoms with E-state index in [0.717, 1.165) is 25.7 Å². The molecule has 16 heavy (non-hydrogen) atoms. The molecule has 4 nitrogen and oxygen atoms in total. The lowest BCUT2D eigenvalue weighted by molar-refractivity contribution is 0.372. The Morgan fingerprint density at radius 2 is 1.88 bits per heavy atom. The Balaban J connectivity index is 2.42. The summed E-state index contributed by atoms with van der Waals surface area (Å²) >= 11 is 0. The Morgan fingerprint density at radius 3 is 2.38 bits per heavy atom. The maximum Gasteiger partial charge on any atom is 0.215 e. The van der Waals surface area contributed by atoms with E-state index in [2.05, 4.69) is 5.32 Å². The first-order valence-electron chi connectivity index (χ1n) is 6.12. The number of nitrogens with zero attached hydrogens (tertiary/aromatic N) is 1. The van der Waals surface area contributed by atoms with Crippen molar-refractivity contribution in [2.75, 3.05) is 19.3 Å². The summed E-state index contributed by atoms with van der Waals surface area (Å²) < 4.78 is 25.6. The molecule has 0 aromatic heterocycles. The SMILES string of the molecule is CC(C)NCCS(=O)(=O)N(C)C1CCCC1. The molecule has 0 aromatic carbocycles. The average Bonchev–Trinajstić information content (AvgIpc) is 2.68. The molecular weight excluding hydrogens is 224 g/mol. The normalized spacial score (nSPS) is 18.8. The summed E-state index contributed by atoms with van der Waals surface area (Å²) in [5, 5.41) is 3.14. The Morgan fingerprint density at radius 1 is 1.31 bits per heavy atom. The van der Waals surface area contributed by atoms with Gasteiger partial charge in [0, 0.05) is 25.7 Å². The molecule has 0 aromatic rings. The summed E-state index contributed by atoms with van der Waals surface area (Å²) in [5.74, 6) is 0.207. The van der Waals surface area contributed by atoms with Gasteiger partial charge in [-0.25, -0.2) is 12.7 Å². The summed E-state index contributed by atoms with van der Waals surface area (Å²) in [7, 11) is -1.35. The molecule has 0 saturated heterocycles. The third-order valence-corrected chi connectivity index (χ3v) is 5.09. The third kappa shape index (κ3) is 4.03. The average molecular weight is 248 g/mol. The Labute approximate surface area is 99.5 Å². The van der Waals surface area contributed by atoms with Gasteiger partial charge in [-0.15, -0.1) is 0 Å².